The van der Waals surface area contributed by atoms with Gasteiger partial charge in [-0.05, 0) is 24.6 Å². The SMILES string of the molecule is Cc1c(N)cccc1S(=O)C(F)(F)F. The van der Waals surface area contributed by atoms with Crippen LogP contribution >= 0.6 is 0 Å². The molecule has 2 N–H and O–H groups in total. The lowest BCUT2D eigenvalue weighted by Gasteiger charge is -2.09. The van der Waals surface area contributed by atoms with Crippen molar-refractivity contribution >= 4 is 16.5 Å². The van der Waals surface area contributed by atoms with Crippen molar-refractivity contribution in [1.82, 2.24) is 0 Å². The van der Waals surface area contributed by atoms with E-state index in [-0.39, 0.29) is 16.1 Å². The van der Waals surface area contributed by atoms with Crippen molar-refractivity contribution in [3.8, 4) is 0 Å². The zero-order chi connectivity index (χ0) is 10.9. The average molecular weight is 223 g/mol. The Balaban J connectivity index is 3.21. The summed E-state index contributed by atoms with van der Waals surface area (Å²) in [6, 6.07) is 3.98. The quantitative estimate of drug-likeness (QED) is 0.742. The molecule has 1 rings (SSSR count). The highest BCUT2D eigenvalue weighted by Gasteiger charge is 2.38. The van der Waals surface area contributed by atoms with Crippen LogP contribution in [-0.4, -0.2) is 9.72 Å². The lowest BCUT2D eigenvalue weighted by molar-refractivity contribution is -0.0384. The number of nitrogens with two attached hydrogens (primary N) is 1. The Labute approximate surface area is 81.4 Å². The maximum Gasteiger partial charge on any atom is 0.475 e. The van der Waals surface area contributed by atoms with Gasteiger partial charge in [0.05, 0.1) is 4.90 Å². The number of anilines is 1. The summed E-state index contributed by atoms with van der Waals surface area (Å²) in [6.07, 6.45) is 0. The van der Waals surface area contributed by atoms with Gasteiger partial charge in [0.15, 0.2) is 10.8 Å². The summed E-state index contributed by atoms with van der Waals surface area (Å²) < 4.78 is 47.3. The number of alkyl halides is 3. The zero-order valence-corrected chi connectivity index (χ0v) is 8.08. The van der Waals surface area contributed by atoms with Crippen molar-refractivity contribution in [2.75, 3.05) is 5.73 Å². The minimum atomic E-state index is -4.74. The van der Waals surface area contributed by atoms with E-state index >= 15 is 0 Å². The van der Waals surface area contributed by atoms with E-state index in [2.05, 4.69) is 0 Å². The van der Waals surface area contributed by atoms with Crippen LogP contribution in [0.1, 0.15) is 5.56 Å². The van der Waals surface area contributed by atoms with Crippen LogP contribution in [0.3, 0.4) is 0 Å². The zero-order valence-electron chi connectivity index (χ0n) is 7.26. The summed E-state index contributed by atoms with van der Waals surface area (Å²) in [6.45, 7) is 1.41. The second-order valence-electron chi connectivity index (χ2n) is 2.68. The van der Waals surface area contributed by atoms with Crippen LogP contribution in [0, 0.1) is 6.92 Å². The van der Waals surface area contributed by atoms with E-state index in [1.54, 1.807) is 0 Å². The van der Waals surface area contributed by atoms with Crippen molar-refractivity contribution in [2.24, 2.45) is 0 Å². The number of halogens is 3. The Morgan fingerprint density at radius 3 is 2.43 bits per heavy atom. The van der Waals surface area contributed by atoms with Gasteiger partial charge in [0, 0.05) is 5.69 Å². The summed E-state index contributed by atoms with van der Waals surface area (Å²) >= 11 is 0. The number of benzene rings is 1. The van der Waals surface area contributed by atoms with E-state index in [4.69, 9.17) is 5.73 Å². The fraction of sp³-hybridized carbons (Fsp3) is 0.250. The molecule has 0 aliphatic heterocycles. The number of rotatable bonds is 1. The molecule has 0 spiro atoms. The van der Waals surface area contributed by atoms with Crippen LogP contribution in [0.25, 0.3) is 0 Å². The molecule has 0 amide bonds. The number of hydrogen-bond donors (Lipinski definition) is 1. The summed E-state index contributed by atoms with van der Waals surface area (Å²) in [5.41, 5.74) is 1.08. The van der Waals surface area contributed by atoms with Gasteiger partial charge in [-0.25, -0.2) is 4.21 Å². The Morgan fingerprint density at radius 2 is 1.93 bits per heavy atom. The molecule has 2 nitrogen and oxygen atoms in total. The van der Waals surface area contributed by atoms with Crippen LogP contribution in [0.15, 0.2) is 23.1 Å². The molecule has 1 unspecified atom stereocenters. The van der Waals surface area contributed by atoms with Gasteiger partial charge in [-0.1, -0.05) is 6.07 Å². The number of nitrogen functional groups attached to an aromatic ring is 1. The van der Waals surface area contributed by atoms with Crippen molar-refractivity contribution in [2.45, 2.75) is 17.3 Å². The third kappa shape index (κ3) is 2.06. The summed E-state index contributed by atoms with van der Waals surface area (Å²) in [4.78, 5) is -0.280. The molecule has 0 heterocycles. The van der Waals surface area contributed by atoms with Crippen molar-refractivity contribution in [1.29, 1.82) is 0 Å². The molecule has 0 radical (unpaired) electrons. The fourth-order valence-corrected chi connectivity index (χ4v) is 1.80. The second kappa shape index (κ2) is 3.61. The van der Waals surface area contributed by atoms with E-state index in [0.29, 0.717) is 0 Å². The molecule has 1 aromatic carbocycles. The maximum atomic E-state index is 12.1. The maximum absolute atomic E-state index is 12.1. The molecule has 0 aliphatic rings. The first-order valence-electron chi connectivity index (χ1n) is 3.67. The lowest BCUT2D eigenvalue weighted by atomic mass is 10.2. The van der Waals surface area contributed by atoms with E-state index in [1.165, 1.54) is 19.1 Å². The topological polar surface area (TPSA) is 43.1 Å². The first kappa shape index (κ1) is 11.0. The van der Waals surface area contributed by atoms with Gasteiger partial charge < -0.3 is 5.73 Å². The van der Waals surface area contributed by atoms with Gasteiger partial charge in [0.2, 0.25) is 0 Å². The first-order valence-corrected chi connectivity index (χ1v) is 4.82. The highest BCUT2D eigenvalue weighted by atomic mass is 32.2. The number of hydrogen-bond acceptors (Lipinski definition) is 2. The van der Waals surface area contributed by atoms with Gasteiger partial charge >= 0.3 is 5.51 Å². The molecule has 1 atom stereocenters. The average Bonchev–Trinajstić information content (AvgIpc) is 2.07. The van der Waals surface area contributed by atoms with Crippen LogP contribution in [-0.2, 0) is 10.8 Å². The Hall–Kier alpha value is -1.04. The molecule has 14 heavy (non-hydrogen) atoms. The van der Waals surface area contributed by atoms with Gasteiger partial charge in [-0.15, -0.1) is 0 Å². The highest BCUT2D eigenvalue weighted by molar-refractivity contribution is 7.86. The predicted octanol–water partition coefficient (Wildman–Crippen LogP) is 2.20. The van der Waals surface area contributed by atoms with Crippen LogP contribution in [0.5, 0.6) is 0 Å². The lowest BCUT2D eigenvalue weighted by Crippen LogP contribution is -2.17. The Morgan fingerprint density at radius 1 is 1.36 bits per heavy atom. The minimum absolute atomic E-state index is 0.208. The standard InChI is InChI=1S/C8H8F3NOS/c1-5-6(12)3-2-4-7(5)14(13)8(9,10)11/h2-4H,12H2,1H3. The Kier molecular flexibility index (Phi) is 2.84. The normalized spacial score (nSPS) is 14.0. The molecule has 0 aromatic heterocycles. The van der Waals surface area contributed by atoms with Crippen LogP contribution in [0.4, 0.5) is 18.9 Å². The first-order chi connectivity index (χ1) is 6.34. The van der Waals surface area contributed by atoms with Gasteiger partial charge in [0.25, 0.3) is 0 Å². The van der Waals surface area contributed by atoms with Crippen LogP contribution < -0.4 is 5.73 Å². The molecular formula is C8H8F3NOS. The van der Waals surface area contributed by atoms with E-state index < -0.39 is 16.3 Å². The molecule has 0 bridgehead atoms. The fourth-order valence-electron chi connectivity index (χ4n) is 0.957. The third-order valence-corrected chi connectivity index (χ3v) is 3.00. The molecule has 0 saturated heterocycles. The van der Waals surface area contributed by atoms with Gasteiger partial charge in [0.1, 0.15) is 0 Å². The molecule has 0 aliphatic carbocycles. The second-order valence-corrected chi connectivity index (χ2v) is 4.13. The molecule has 0 fully saturated rings. The summed E-state index contributed by atoms with van der Waals surface area (Å²) in [7, 11) is -3.00. The van der Waals surface area contributed by atoms with Crippen molar-refractivity contribution in [3.63, 3.8) is 0 Å². The highest BCUT2D eigenvalue weighted by Crippen LogP contribution is 2.29. The monoisotopic (exact) mass is 223 g/mol. The largest absolute Gasteiger partial charge is 0.475 e. The van der Waals surface area contributed by atoms with E-state index in [1.807, 2.05) is 0 Å². The third-order valence-electron chi connectivity index (χ3n) is 1.74. The van der Waals surface area contributed by atoms with Gasteiger partial charge in [-0.2, -0.15) is 13.2 Å². The van der Waals surface area contributed by atoms with Gasteiger partial charge in [-0.3, -0.25) is 0 Å². The predicted molar refractivity (Wildman–Crippen MR) is 48.1 cm³/mol. The molecular weight excluding hydrogens is 215 g/mol. The molecule has 6 heteroatoms. The van der Waals surface area contributed by atoms with Crippen molar-refractivity contribution in [3.05, 3.63) is 23.8 Å². The van der Waals surface area contributed by atoms with E-state index in [9.17, 15) is 17.4 Å². The minimum Gasteiger partial charge on any atom is -0.398 e. The van der Waals surface area contributed by atoms with E-state index in [0.717, 1.165) is 6.07 Å². The summed E-state index contributed by atoms with van der Waals surface area (Å²) in [5.74, 6) is 0. The molecule has 1 aromatic rings. The molecule has 78 valence electrons. The van der Waals surface area contributed by atoms with Crippen molar-refractivity contribution < 1.29 is 17.4 Å². The Bertz CT molecular complexity index is 375. The van der Waals surface area contributed by atoms with Crippen LogP contribution in [0.2, 0.25) is 0 Å². The molecule has 0 saturated carbocycles. The smallest absolute Gasteiger partial charge is 0.398 e. The summed E-state index contributed by atoms with van der Waals surface area (Å²) in [5, 5.41) is 0.